The number of benzene rings is 1. The molecule has 1 aliphatic rings. The van der Waals surface area contributed by atoms with Crippen LogP contribution >= 0.6 is 0 Å². The van der Waals surface area contributed by atoms with Crippen molar-refractivity contribution in [2.45, 2.75) is 19.4 Å². The van der Waals surface area contributed by atoms with E-state index >= 15 is 0 Å². The minimum atomic E-state index is 0.275. The van der Waals surface area contributed by atoms with Crippen molar-refractivity contribution in [3.05, 3.63) is 24.3 Å². The van der Waals surface area contributed by atoms with Crippen molar-refractivity contribution in [3.8, 4) is 11.5 Å². The Hall–Kier alpha value is -1.26. The van der Waals surface area contributed by atoms with Crippen molar-refractivity contribution in [1.29, 1.82) is 0 Å². The average molecular weight is 250 g/mol. The zero-order chi connectivity index (χ0) is 12.8. The van der Waals surface area contributed by atoms with Crippen LogP contribution in [-0.2, 0) is 0 Å². The van der Waals surface area contributed by atoms with Gasteiger partial charge in [-0.25, -0.2) is 0 Å². The van der Waals surface area contributed by atoms with Crippen LogP contribution in [0.25, 0.3) is 0 Å². The summed E-state index contributed by atoms with van der Waals surface area (Å²) >= 11 is 0. The van der Waals surface area contributed by atoms with Crippen LogP contribution < -0.4 is 10.1 Å². The van der Waals surface area contributed by atoms with E-state index in [0.29, 0.717) is 6.04 Å². The molecule has 0 spiro atoms. The summed E-state index contributed by atoms with van der Waals surface area (Å²) in [4.78, 5) is 2.47. The van der Waals surface area contributed by atoms with Crippen LogP contribution in [0.1, 0.15) is 13.3 Å². The number of hydrogen-bond donors (Lipinski definition) is 2. The Bertz CT molecular complexity index is 353. The quantitative estimate of drug-likeness (QED) is 0.777. The molecule has 2 N–H and O–H groups in total. The third kappa shape index (κ3) is 4.20. The summed E-state index contributed by atoms with van der Waals surface area (Å²) in [5, 5.41) is 12.6. The second kappa shape index (κ2) is 6.61. The summed E-state index contributed by atoms with van der Waals surface area (Å²) in [7, 11) is 0. The zero-order valence-electron chi connectivity index (χ0n) is 10.9. The number of phenolic OH excluding ortho intramolecular Hbond substituents is 1. The molecule has 1 aromatic rings. The van der Waals surface area contributed by atoms with Crippen LogP contribution in [0.2, 0.25) is 0 Å². The molecule has 1 unspecified atom stereocenters. The highest BCUT2D eigenvalue weighted by Gasteiger charge is 2.14. The van der Waals surface area contributed by atoms with E-state index in [-0.39, 0.29) is 5.75 Å². The maximum Gasteiger partial charge on any atom is 0.119 e. The number of phenols is 1. The van der Waals surface area contributed by atoms with E-state index in [2.05, 4.69) is 17.1 Å². The first-order chi connectivity index (χ1) is 8.74. The predicted octanol–water partition coefficient (Wildman–Crippen LogP) is 1.45. The lowest BCUT2D eigenvalue weighted by molar-refractivity contribution is 0.189. The fraction of sp³-hybridized carbons (Fsp3) is 0.571. The third-order valence-corrected chi connectivity index (χ3v) is 3.18. The predicted molar refractivity (Wildman–Crippen MR) is 72.1 cm³/mol. The summed E-state index contributed by atoms with van der Waals surface area (Å²) in [6, 6.07) is 7.47. The Morgan fingerprint density at radius 3 is 2.89 bits per heavy atom. The van der Waals surface area contributed by atoms with Gasteiger partial charge in [-0.2, -0.15) is 0 Å². The molecule has 4 nitrogen and oxygen atoms in total. The number of aromatic hydroxyl groups is 1. The molecular formula is C14H22N2O2. The molecule has 0 bridgehead atoms. The number of nitrogens with one attached hydrogen (secondary N) is 1. The number of hydrogen-bond acceptors (Lipinski definition) is 4. The molecule has 0 saturated carbocycles. The van der Waals surface area contributed by atoms with E-state index < -0.39 is 0 Å². The van der Waals surface area contributed by atoms with Crippen molar-refractivity contribution < 1.29 is 9.84 Å². The van der Waals surface area contributed by atoms with E-state index in [4.69, 9.17) is 9.84 Å². The Morgan fingerprint density at radius 1 is 1.39 bits per heavy atom. The highest BCUT2D eigenvalue weighted by molar-refractivity contribution is 5.29. The number of piperazine rings is 1. The lowest BCUT2D eigenvalue weighted by atomic mass is 10.2. The van der Waals surface area contributed by atoms with Gasteiger partial charge in [0.1, 0.15) is 11.5 Å². The monoisotopic (exact) mass is 250 g/mol. The van der Waals surface area contributed by atoms with E-state index in [0.717, 1.165) is 45.0 Å². The molecule has 4 heteroatoms. The number of rotatable bonds is 5. The molecule has 0 amide bonds. The first kappa shape index (κ1) is 13.2. The van der Waals surface area contributed by atoms with E-state index in [1.54, 1.807) is 24.3 Å². The molecule has 0 aliphatic carbocycles. The van der Waals surface area contributed by atoms with Crippen LogP contribution in [-0.4, -0.2) is 48.8 Å². The van der Waals surface area contributed by atoms with Crippen molar-refractivity contribution in [3.63, 3.8) is 0 Å². The summed E-state index contributed by atoms with van der Waals surface area (Å²) in [5.41, 5.74) is 0. The van der Waals surface area contributed by atoms with Gasteiger partial charge in [-0.15, -0.1) is 0 Å². The second-order valence-electron chi connectivity index (χ2n) is 4.85. The van der Waals surface area contributed by atoms with Crippen LogP contribution in [0.4, 0.5) is 0 Å². The zero-order valence-corrected chi connectivity index (χ0v) is 10.9. The first-order valence-corrected chi connectivity index (χ1v) is 6.61. The fourth-order valence-electron chi connectivity index (χ4n) is 2.24. The minimum absolute atomic E-state index is 0.275. The molecule has 1 saturated heterocycles. The smallest absolute Gasteiger partial charge is 0.119 e. The van der Waals surface area contributed by atoms with Crippen molar-refractivity contribution >= 4 is 0 Å². The Labute approximate surface area is 109 Å². The molecule has 1 heterocycles. The molecule has 18 heavy (non-hydrogen) atoms. The van der Waals surface area contributed by atoms with Crippen LogP contribution in [0.3, 0.4) is 0 Å². The Balaban J connectivity index is 1.62. The summed E-state index contributed by atoms with van der Waals surface area (Å²) in [6.07, 6.45) is 1.04. The van der Waals surface area contributed by atoms with E-state index in [9.17, 15) is 0 Å². The minimum Gasteiger partial charge on any atom is -0.508 e. The maximum absolute atomic E-state index is 9.16. The molecular weight excluding hydrogens is 228 g/mol. The summed E-state index contributed by atoms with van der Waals surface area (Å²) < 4.78 is 5.63. The van der Waals surface area contributed by atoms with Crippen LogP contribution in [0, 0.1) is 0 Å². The molecule has 2 rings (SSSR count). The van der Waals surface area contributed by atoms with E-state index in [1.807, 2.05) is 0 Å². The lowest BCUT2D eigenvalue weighted by Crippen LogP contribution is -2.49. The van der Waals surface area contributed by atoms with Gasteiger partial charge in [0.05, 0.1) is 6.61 Å². The Kier molecular flexibility index (Phi) is 4.84. The van der Waals surface area contributed by atoms with Crippen LogP contribution in [0.15, 0.2) is 24.3 Å². The molecule has 1 aliphatic heterocycles. The summed E-state index contributed by atoms with van der Waals surface area (Å²) in [6.45, 7) is 7.37. The number of nitrogens with zero attached hydrogens (tertiary/aromatic N) is 1. The Morgan fingerprint density at radius 2 is 2.17 bits per heavy atom. The first-order valence-electron chi connectivity index (χ1n) is 6.61. The van der Waals surface area contributed by atoms with Crippen molar-refractivity contribution in [1.82, 2.24) is 10.2 Å². The van der Waals surface area contributed by atoms with Crippen molar-refractivity contribution in [2.75, 3.05) is 32.8 Å². The highest BCUT2D eigenvalue weighted by Crippen LogP contribution is 2.15. The average Bonchev–Trinajstić information content (AvgIpc) is 2.37. The molecule has 1 atom stereocenters. The molecule has 1 fully saturated rings. The van der Waals surface area contributed by atoms with Gasteiger partial charge >= 0.3 is 0 Å². The van der Waals surface area contributed by atoms with E-state index in [1.165, 1.54) is 0 Å². The van der Waals surface area contributed by atoms with Crippen molar-refractivity contribution in [2.24, 2.45) is 0 Å². The van der Waals surface area contributed by atoms with Gasteiger partial charge in [-0.1, -0.05) is 0 Å². The van der Waals surface area contributed by atoms with Gasteiger partial charge in [-0.05, 0) is 37.6 Å². The van der Waals surface area contributed by atoms with Gasteiger partial charge in [0, 0.05) is 32.2 Å². The van der Waals surface area contributed by atoms with Gasteiger partial charge in [0.2, 0.25) is 0 Å². The summed E-state index contributed by atoms with van der Waals surface area (Å²) in [5.74, 6) is 1.10. The maximum atomic E-state index is 9.16. The molecule has 100 valence electrons. The largest absolute Gasteiger partial charge is 0.508 e. The van der Waals surface area contributed by atoms with Gasteiger partial charge in [0.15, 0.2) is 0 Å². The lowest BCUT2D eigenvalue weighted by Gasteiger charge is -2.31. The standard InChI is InChI=1S/C14H22N2O2/c1-12-11-16(9-7-15-12)8-2-10-18-14-5-3-13(17)4-6-14/h3-6,12,15,17H,2,7-11H2,1H3. The van der Waals surface area contributed by atoms with Gasteiger partial charge in [-0.3, -0.25) is 0 Å². The SMILES string of the molecule is CC1CN(CCCOc2ccc(O)cc2)CCN1. The third-order valence-electron chi connectivity index (χ3n) is 3.18. The molecule has 0 aromatic heterocycles. The normalized spacial score (nSPS) is 20.8. The fourth-order valence-corrected chi connectivity index (χ4v) is 2.24. The highest BCUT2D eigenvalue weighted by atomic mass is 16.5. The van der Waals surface area contributed by atoms with Gasteiger partial charge < -0.3 is 20.1 Å². The van der Waals surface area contributed by atoms with Gasteiger partial charge in [0.25, 0.3) is 0 Å². The number of ether oxygens (including phenoxy) is 1. The second-order valence-corrected chi connectivity index (χ2v) is 4.85. The topological polar surface area (TPSA) is 44.7 Å². The molecule has 0 radical (unpaired) electrons. The van der Waals surface area contributed by atoms with Crippen LogP contribution in [0.5, 0.6) is 11.5 Å². The molecule has 1 aromatic carbocycles.